The Bertz CT molecular complexity index is 875. The van der Waals surface area contributed by atoms with Crippen molar-refractivity contribution in [2.45, 2.75) is 32.0 Å². The smallest absolute Gasteiger partial charge is 0.267 e. The van der Waals surface area contributed by atoms with Gasteiger partial charge >= 0.3 is 0 Å². The highest BCUT2D eigenvalue weighted by molar-refractivity contribution is 5.91. The van der Waals surface area contributed by atoms with Gasteiger partial charge in [0.1, 0.15) is 0 Å². The topological polar surface area (TPSA) is 73.6 Å². The van der Waals surface area contributed by atoms with Crippen LogP contribution in [0, 0.1) is 6.92 Å². The third-order valence-electron chi connectivity index (χ3n) is 5.59. The molecule has 2 bridgehead atoms. The summed E-state index contributed by atoms with van der Waals surface area (Å²) in [6.07, 6.45) is 4.26. The number of hydroxylamine groups is 1. The lowest BCUT2D eigenvalue weighted by Gasteiger charge is -2.36. The minimum absolute atomic E-state index is 0.477. The number of nitrogens with zero attached hydrogens (tertiary/aromatic N) is 4. The largest absolute Gasteiger partial charge is 0.365 e. The molecule has 7 heteroatoms. The maximum Gasteiger partial charge on any atom is 0.267 e. The average molecular weight is 367 g/mol. The number of hydrogen-bond acceptors (Lipinski definition) is 5. The Morgan fingerprint density at radius 2 is 2.15 bits per heavy atom. The lowest BCUT2D eigenvalue weighted by molar-refractivity contribution is -0.124. The molecule has 2 aliphatic rings. The predicted molar refractivity (Wildman–Crippen MR) is 103 cm³/mol. The molecule has 0 saturated carbocycles. The van der Waals surface area contributed by atoms with Gasteiger partial charge in [0.05, 0.1) is 11.4 Å². The number of amides is 1. The van der Waals surface area contributed by atoms with E-state index < -0.39 is 5.91 Å². The summed E-state index contributed by atoms with van der Waals surface area (Å²) in [6.45, 7) is 4.98. The van der Waals surface area contributed by atoms with Gasteiger partial charge < -0.3 is 4.90 Å². The van der Waals surface area contributed by atoms with E-state index in [-0.39, 0.29) is 0 Å². The van der Waals surface area contributed by atoms with Crippen LogP contribution in [0.3, 0.4) is 0 Å². The first-order valence-electron chi connectivity index (χ1n) is 9.26. The van der Waals surface area contributed by atoms with Crippen molar-refractivity contribution >= 4 is 17.7 Å². The fraction of sp³-hybridized carbons (Fsp3) is 0.400. The van der Waals surface area contributed by atoms with Crippen molar-refractivity contribution in [2.24, 2.45) is 7.05 Å². The lowest BCUT2D eigenvalue weighted by atomic mass is 10.1. The average Bonchev–Trinajstić information content (AvgIpc) is 3.34. The quantitative estimate of drug-likeness (QED) is 0.478. The zero-order valence-electron chi connectivity index (χ0n) is 15.7. The highest BCUT2D eigenvalue weighted by Gasteiger charge is 2.43. The van der Waals surface area contributed by atoms with Crippen molar-refractivity contribution in [3.8, 4) is 0 Å². The first-order chi connectivity index (χ1) is 13.0. The van der Waals surface area contributed by atoms with E-state index in [9.17, 15) is 4.79 Å². The van der Waals surface area contributed by atoms with Crippen LogP contribution in [-0.2, 0) is 18.4 Å². The summed E-state index contributed by atoms with van der Waals surface area (Å²) in [6, 6.07) is 11.3. The number of carbonyl (C=O) groups is 1. The normalized spacial score (nSPS) is 22.1. The van der Waals surface area contributed by atoms with Crippen LogP contribution in [0.1, 0.15) is 23.4 Å². The highest BCUT2D eigenvalue weighted by atomic mass is 16.5. The van der Waals surface area contributed by atoms with E-state index >= 15 is 0 Å². The van der Waals surface area contributed by atoms with Crippen molar-refractivity contribution < 1.29 is 10.0 Å². The van der Waals surface area contributed by atoms with Crippen molar-refractivity contribution in [3.05, 3.63) is 53.4 Å². The molecule has 0 radical (unpaired) electrons. The molecule has 2 aromatic rings. The molecule has 3 heterocycles. The fourth-order valence-corrected chi connectivity index (χ4v) is 4.35. The van der Waals surface area contributed by atoms with E-state index in [1.54, 1.807) is 11.6 Å². The maximum absolute atomic E-state index is 11.3. The number of piperazine rings is 1. The van der Waals surface area contributed by atoms with Crippen LogP contribution in [0.2, 0.25) is 0 Å². The first-order valence-corrected chi connectivity index (χ1v) is 9.26. The van der Waals surface area contributed by atoms with Crippen LogP contribution in [0.25, 0.3) is 6.08 Å². The number of benzene rings is 1. The molecule has 1 amide bonds. The highest BCUT2D eigenvalue weighted by Crippen LogP contribution is 2.37. The molecular weight excluding hydrogens is 342 g/mol. The SMILES string of the molecule is Cc1cc(CN2C[C@@H]3C[C@H]2CN3c2ccccc2/C=C/C(=O)NO)n(C)n1. The Balaban J connectivity index is 1.48. The molecule has 2 saturated heterocycles. The number of fused-ring (bicyclic) bond motifs is 2. The zero-order chi connectivity index (χ0) is 19.0. The van der Waals surface area contributed by atoms with E-state index in [2.05, 4.69) is 27.0 Å². The van der Waals surface area contributed by atoms with Gasteiger partial charge in [0, 0.05) is 50.5 Å². The Morgan fingerprint density at radius 1 is 1.33 bits per heavy atom. The first kappa shape index (κ1) is 17.8. The van der Waals surface area contributed by atoms with Gasteiger partial charge in [-0.3, -0.25) is 19.6 Å². The van der Waals surface area contributed by atoms with Crippen LogP contribution >= 0.6 is 0 Å². The van der Waals surface area contributed by atoms with Crippen LogP contribution in [-0.4, -0.2) is 51.0 Å². The molecule has 142 valence electrons. The standard InChI is InChI=1S/C20H25N5O2/c1-14-9-16(23(2)21-14)11-24-12-18-10-17(24)13-25(18)19-6-4-3-5-15(19)7-8-20(26)22-27/h3-9,17-18,27H,10-13H2,1-2H3,(H,22,26)/b8-7+/t17-,18-/m0/s1. The Kier molecular flexibility index (Phi) is 4.72. The zero-order valence-corrected chi connectivity index (χ0v) is 15.7. The minimum Gasteiger partial charge on any atom is -0.365 e. The fourth-order valence-electron chi connectivity index (χ4n) is 4.35. The molecule has 2 atom stereocenters. The number of anilines is 1. The van der Waals surface area contributed by atoms with Crippen LogP contribution in [0.15, 0.2) is 36.4 Å². The second-order valence-corrected chi connectivity index (χ2v) is 7.39. The third-order valence-corrected chi connectivity index (χ3v) is 5.59. The second kappa shape index (κ2) is 7.17. The number of likely N-dealkylation sites (tertiary alicyclic amines) is 1. The van der Waals surface area contributed by atoms with Crippen molar-refractivity contribution in [1.29, 1.82) is 0 Å². The van der Waals surface area contributed by atoms with Gasteiger partial charge in [-0.1, -0.05) is 18.2 Å². The summed E-state index contributed by atoms with van der Waals surface area (Å²) in [7, 11) is 2.01. The summed E-state index contributed by atoms with van der Waals surface area (Å²) in [5.74, 6) is -0.523. The molecule has 0 spiro atoms. The van der Waals surface area contributed by atoms with Gasteiger partial charge in [0.15, 0.2) is 0 Å². The molecule has 1 aromatic heterocycles. The van der Waals surface area contributed by atoms with Crippen molar-refractivity contribution in [1.82, 2.24) is 20.2 Å². The van der Waals surface area contributed by atoms with Crippen molar-refractivity contribution in [2.75, 3.05) is 18.0 Å². The Morgan fingerprint density at radius 3 is 2.81 bits per heavy atom. The van der Waals surface area contributed by atoms with Crippen LogP contribution in [0.4, 0.5) is 5.69 Å². The van der Waals surface area contributed by atoms with E-state index in [0.717, 1.165) is 43.0 Å². The number of aromatic nitrogens is 2. The van der Waals surface area contributed by atoms with E-state index in [0.29, 0.717) is 12.1 Å². The summed E-state index contributed by atoms with van der Waals surface area (Å²) >= 11 is 0. The van der Waals surface area contributed by atoms with Crippen LogP contribution in [0.5, 0.6) is 0 Å². The molecule has 2 fully saturated rings. The van der Waals surface area contributed by atoms with Gasteiger partial charge in [-0.05, 0) is 37.1 Å². The monoisotopic (exact) mass is 367 g/mol. The molecule has 0 aliphatic carbocycles. The van der Waals surface area contributed by atoms with Gasteiger partial charge in [-0.25, -0.2) is 5.48 Å². The second-order valence-electron chi connectivity index (χ2n) is 7.39. The molecule has 0 unspecified atom stereocenters. The molecule has 1 aromatic carbocycles. The number of rotatable bonds is 5. The molecule has 2 aliphatic heterocycles. The Hall–Kier alpha value is -2.64. The Labute approximate surface area is 158 Å². The van der Waals surface area contributed by atoms with Gasteiger partial charge in [-0.15, -0.1) is 0 Å². The number of nitrogens with one attached hydrogen (secondary N) is 1. The van der Waals surface area contributed by atoms with Gasteiger partial charge in [0.25, 0.3) is 5.91 Å². The van der Waals surface area contributed by atoms with E-state index in [1.807, 2.05) is 36.9 Å². The number of para-hydroxylation sites is 1. The van der Waals surface area contributed by atoms with Gasteiger partial charge in [0.2, 0.25) is 0 Å². The predicted octanol–water partition coefficient (Wildman–Crippen LogP) is 1.71. The number of carbonyl (C=O) groups excluding carboxylic acids is 1. The van der Waals surface area contributed by atoms with Crippen LogP contribution < -0.4 is 10.4 Å². The summed E-state index contributed by atoms with van der Waals surface area (Å²) in [4.78, 5) is 16.3. The molecule has 7 nitrogen and oxygen atoms in total. The number of hydrogen-bond donors (Lipinski definition) is 2. The van der Waals surface area contributed by atoms with E-state index in [1.165, 1.54) is 11.8 Å². The van der Waals surface area contributed by atoms with Gasteiger partial charge in [-0.2, -0.15) is 5.10 Å². The summed E-state index contributed by atoms with van der Waals surface area (Å²) in [5.41, 5.74) is 6.08. The minimum atomic E-state index is -0.523. The third kappa shape index (κ3) is 3.48. The molecule has 2 N–H and O–H groups in total. The molecule has 4 rings (SSSR count). The van der Waals surface area contributed by atoms with Crippen molar-refractivity contribution in [3.63, 3.8) is 0 Å². The summed E-state index contributed by atoms with van der Waals surface area (Å²) < 4.78 is 1.98. The molecule has 27 heavy (non-hydrogen) atoms. The summed E-state index contributed by atoms with van der Waals surface area (Å²) in [5, 5.41) is 13.1. The lowest BCUT2D eigenvalue weighted by Crippen LogP contribution is -2.46. The van der Waals surface area contributed by atoms with E-state index in [4.69, 9.17) is 5.21 Å². The maximum atomic E-state index is 11.3. The molecular formula is C20H25N5O2. The number of aryl methyl sites for hydroxylation is 2.